The summed E-state index contributed by atoms with van der Waals surface area (Å²) in [7, 11) is 0. The number of alkyl halides is 6. The zero-order valence-electron chi connectivity index (χ0n) is 8.47. The van der Waals surface area contributed by atoms with E-state index in [-0.39, 0.29) is 6.08 Å². The minimum Gasteiger partial charge on any atom is -0.198 e. The maximum Gasteiger partial charge on any atom is 0.417 e. The van der Waals surface area contributed by atoms with E-state index in [1.165, 1.54) is 6.07 Å². The Bertz CT molecular complexity index is 482. The van der Waals surface area contributed by atoms with E-state index < -0.39 is 35.3 Å². The van der Waals surface area contributed by atoms with E-state index in [0.717, 1.165) is 6.07 Å². The van der Waals surface area contributed by atoms with Gasteiger partial charge in [0.15, 0.2) is 0 Å². The summed E-state index contributed by atoms with van der Waals surface area (Å²) in [5, 5.41) is 17.0. The van der Waals surface area contributed by atoms with Crippen LogP contribution in [0.2, 0.25) is 0 Å². The van der Waals surface area contributed by atoms with Gasteiger partial charge in [0.05, 0.1) is 35.1 Å². The van der Waals surface area contributed by atoms with Gasteiger partial charge in [-0.2, -0.15) is 36.9 Å². The van der Waals surface area contributed by atoms with Crippen LogP contribution < -0.4 is 0 Å². The lowest BCUT2D eigenvalue weighted by atomic mass is 9.82. The molecule has 0 bridgehead atoms. The standard InChI is InChI=1S/C10H4F6N2/c11-9(12,13)7-2-8(10(14,15)16)6(4-18)1-5(7)3-17/h1-2,5,7H. The first-order valence-corrected chi connectivity index (χ1v) is 4.49. The van der Waals surface area contributed by atoms with Crippen LogP contribution in [0.3, 0.4) is 0 Å². The molecule has 2 nitrogen and oxygen atoms in total. The Balaban J connectivity index is 3.35. The van der Waals surface area contributed by atoms with Gasteiger partial charge >= 0.3 is 12.4 Å². The van der Waals surface area contributed by atoms with Crippen LogP contribution in [0.25, 0.3) is 0 Å². The third kappa shape index (κ3) is 2.65. The molecule has 1 aliphatic rings. The molecule has 0 heterocycles. The summed E-state index contributed by atoms with van der Waals surface area (Å²) in [5.41, 5.74) is -2.62. The molecule has 96 valence electrons. The molecule has 0 spiro atoms. The van der Waals surface area contributed by atoms with Gasteiger partial charge in [-0.05, 0) is 6.08 Å². The molecule has 8 heteroatoms. The molecule has 0 fully saturated rings. The van der Waals surface area contributed by atoms with E-state index in [2.05, 4.69) is 0 Å². The van der Waals surface area contributed by atoms with Gasteiger partial charge in [0, 0.05) is 0 Å². The highest BCUT2D eigenvalue weighted by atomic mass is 19.4. The minimum atomic E-state index is -5.06. The number of halogens is 6. The smallest absolute Gasteiger partial charge is 0.198 e. The van der Waals surface area contributed by atoms with Crippen LogP contribution >= 0.6 is 0 Å². The zero-order chi connectivity index (χ0) is 14.1. The van der Waals surface area contributed by atoms with E-state index in [0.29, 0.717) is 6.08 Å². The number of hydrogen-bond acceptors (Lipinski definition) is 2. The van der Waals surface area contributed by atoms with Crippen LogP contribution in [0.5, 0.6) is 0 Å². The van der Waals surface area contributed by atoms with Crippen LogP contribution in [0.15, 0.2) is 23.3 Å². The lowest BCUT2D eigenvalue weighted by Crippen LogP contribution is -2.32. The predicted molar refractivity (Wildman–Crippen MR) is 46.5 cm³/mol. The highest BCUT2D eigenvalue weighted by Gasteiger charge is 2.49. The topological polar surface area (TPSA) is 47.6 Å². The number of rotatable bonds is 0. The van der Waals surface area contributed by atoms with Gasteiger partial charge in [-0.3, -0.25) is 0 Å². The van der Waals surface area contributed by atoms with Crippen molar-refractivity contribution in [3.8, 4) is 12.1 Å². The molecule has 0 aromatic carbocycles. The summed E-state index contributed by atoms with van der Waals surface area (Å²) < 4.78 is 74.9. The van der Waals surface area contributed by atoms with Crippen LogP contribution in [-0.4, -0.2) is 12.4 Å². The molecule has 1 rings (SSSR count). The average Bonchev–Trinajstić information content (AvgIpc) is 2.24. The van der Waals surface area contributed by atoms with Crippen molar-refractivity contribution in [2.75, 3.05) is 0 Å². The summed E-state index contributed by atoms with van der Waals surface area (Å²) in [6.07, 6.45) is -9.74. The van der Waals surface area contributed by atoms with Gasteiger partial charge in [-0.1, -0.05) is 6.08 Å². The van der Waals surface area contributed by atoms with Crippen molar-refractivity contribution in [1.82, 2.24) is 0 Å². The Morgan fingerprint density at radius 3 is 1.89 bits per heavy atom. The minimum absolute atomic E-state index is 0.105. The second kappa shape index (κ2) is 4.37. The normalized spacial score (nSPS) is 24.7. The van der Waals surface area contributed by atoms with Crippen LogP contribution in [-0.2, 0) is 0 Å². The average molecular weight is 266 g/mol. The molecular weight excluding hydrogens is 262 g/mol. The van der Waals surface area contributed by atoms with Crippen molar-refractivity contribution in [2.45, 2.75) is 12.4 Å². The fourth-order valence-electron chi connectivity index (χ4n) is 1.51. The van der Waals surface area contributed by atoms with E-state index in [1.54, 1.807) is 0 Å². The second-order valence-electron chi connectivity index (χ2n) is 3.49. The molecular formula is C10H4F6N2. The molecule has 0 aromatic rings. The third-order valence-electron chi connectivity index (χ3n) is 2.32. The number of nitriles is 2. The predicted octanol–water partition coefficient (Wildman–Crippen LogP) is 3.26. The second-order valence-corrected chi connectivity index (χ2v) is 3.49. The monoisotopic (exact) mass is 266 g/mol. The fourth-order valence-corrected chi connectivity index (χ4v) is 1.51. The fraction of sp³-hybridized carbons (Fsp3) is 0.400. The van der Waals surface area contributed by atoms with Crippen molar-refractivity contribution in [1.29, 1.82) is 10.5 Å². The first-order chi connectivity index (χ1) is 8.11. The molecule has 1 aliphatic carbocycles. The van der Waals surface area contributed by atoms with Crippen molar-refractivity contribution < 1.29 is 26.3 Å². The van der Waals surface area contributed by atoms with Gasteiger partial charge in [0.2, 0.25) is 0 Å². The van der Waals surface area contributed by atoms with Crippen molar-refractivity contribution in [3.63, 3.8) is 0 Å². The molecule has 0 aliphatic heterocycles. The highest BCUT2D eigenvalue weighted by molar-refractivity contribution is 5.49. The quantitative estimate of drug-likeness (QED) is 0.632. The Morgan fingerprint density at radius 1 is 1.00 bits per heavy atom. The van der Waals surface area contributed by atoms with Gasteiger partial charge in [-0.15, -0.1) is 0 Å². The van der Waals surface area contributed by atoms with E-state index in [4.69, 9.17) is 10.5 Å². The maximum atomic E-state index is 12.5. The molecule has 18 heavy (non-hydrogen) atoms. The maximum absolute atomic E-state index is 12.5. The number of nitrogens with zero attached hydrogens (tertiary/aromatic N) is 2. The lowest BCUT2D eigenvalue weighted by molar-refractivity contribution is -0.167. The van der Waals surface area contributed by atoms with Gasteiger partial charge < -0.3 is 0 Å². The highest BCUT2D eigenvalue weighted by Crippen LogP contribution is 2.43. The van der Waals surface area contributed by atoms with Crippen LogP contribution in [0, 0.1) is 34.5 Å². The molecule has 0 aromatic heterocycles. The first-order valence-electron chi connectivity index (χ1n) is 4.49. The molecule has 0 saturated carbocycles. The molecule has 0 N–H and O–H groups in total. The SMILES string of the molecule is N#CC1=CC(C#N)C(C(F)(F)F)C=C1C(F)(F)F. The zero-order valence-corrected chi connectivity index (χ0v) is 8.47. The van der Waals surface area contributed by atoms with Gasteiger partial charge in [-0.25, -0.2) is 0 Å². The summed E-state index contributed by atoms with van der Waals surface area (Å²) in [4.78, 5) is 0. The van der Waals surface area contributed by atoms with Crippen molar-refractivity contribution >= 4 is 0 Å². The van der Waals surface area contributed by atoms with E-state index in [1.807, 2.05) is 0 Å². The van der Waals surface area contributed by atoms with Gasteiger partial charge in [0.25, 0.3) is 0 Å². The van der Waals surface area contributed by atoms with Crippen molar-refractivity contribution in [3.05, 3.63) is 23.3 Å². The number of hydrogen-bond donors (Lipinski definition) is 0. The summed E-state index contributed by atoms with van der Waals surface area (Å²) in [6, 6.07) is 2.39. The third-order valence-corrected chi connectivity index (χ3v) is 2.32. The number of allylic oxidation sites excluding steroid dienone is 4. The Labute approximate surface area is 97.4 Å². The van der Waals surface area contributed by atoms with Gasteiger partial charge in [0.1, 0.15) is 0 Å². The van der Waals surface area contributed by atoms with Crippen molar-refractivity contribution in [2.24, 2.45) is 11.8 Å². The largest absolute Gasteiger partial charge is 0.417 e. The Kier molecular flexibility index (Phi) is 3.43. The molecule has 0 amide bonds. The van der Waals surface area contributed by atoms with E-state index >= 15 is 0 Å². The molecule has 0 radical (unpaired) electrons. The molecule has 2 unspecified atom stereocenters. The Morgan fingerprint density at radius 2 is 1.56 bits per heavy atom. The first kappa shape index (κ1) is 14.1. The lowest BCUT2D eigenvalue weighted by Gasteiger charge is -2.25. The summed E-state index contributed by atoms with van der Waals surface area (Å²) in [5.74, 6) is -4.39. The summed E-state index contributed by atoms with van der Waals surface area (Å²) in [6.45, 7) is 0. The van der Waals surface area contributed by atoms with Crippen LogP contribution in [0.1, 0.15) is 0 Å². The Hall–Kier alpha value is -1.96. The van der Waals surface area contributed by atoms with E-state index in [9.17, 15) is 26.3 Å². The summed E-state index contributed by atoms with van der Waals surface area (Å²) >= 11 is 0. The molecule has 0 saturated heterocycles. The molecule has 2 atom stereocenters. The van der Waals surface area contributed by atoms with Crippen LogP contribution in [0.4, 0.5) is 26.3 Å².